The molecule has 0 aliphatic heterocycles. The number of aryl methyl sites for hydroxylation is 1. The third-order valence-corrected chi connectivity index (χ3v) is 3.53. The lowest BCUT2D eigenvalue weighted by Gasteiger charge is -2.15. The molecule has 0 aliphatic rings. The van der Waals surface area contributed by atoms with E-state index < -0.39 is 0 Å². The van der Waals surface area contributed by atoms with Gasteiger partial charge in [-0.1, -0.05) is 36.4 Å². The molecule has 0 aliphatic carbocycles. The van der Waals surface area contributed by atoms with E-state index in [1.807, 2.05) is 37.3 Å². The minimum absolute atomic E-state index is 0.284. The van der Waals surface area contributed by atoms with Gasteiger partial charge in [0.25, 0.3) is 0 Å². The summed E-state index contributed by atoms with van der Waals surface area (Å²) in [5, 5.41) is 3.49. The molecule has 104 valence electrons. The van der Waals surface area contributed by atoms with Crippen molar-refractivity contribution in [2.45, 2.75) is 26.4 Å². The summed E-state index contributed by atoms with van der Waals surface area (Å²) in [6, 6.07) is 16.2. The van der Waals surface area contributed by atoms with Crippen molar-refractivity contribution < 1.29 is 4.79 Å². The summed E-state index contributed by atoms with van der Waals surface area (Å²) in [6.07, 6.45) is 0. The van der Waals surface area contributed by atoms with Crippen LogP contribution in [0.2, 0.25) is 0 Å². The smallest absolute Gasteiger partial charge is 0.248 e. The summed E-state index contributed by atoms with van der Waals surface area (Å²) in [5.74, 6) is -0.384. The highest BCUT2D eigenvalue weighted by molar-refractivity contribution is 5.93. The van der Waals surface area contributed by atoms with Gasteiger partial charge in [-0.15, -0.1) is 0 Å². The number of benzene rings is 2. The van der Waals surface area contributed by atoms with Crippen molar-refractivity contribution in [1.29, 1.82) is 0 Å². The van der Waals surface area contributed by atoms with Crippen LogP contribution in [0.15, 0.2) is 48.5 Å². The van der Waals surface area contributed by atoms with E-state index in [2.05, 4.69) is 24.4 Å². The van der Waals surface area contributed by atoms with E-state index in [9.17, 15) is 4.79 Å². The number of hydrogen-bond acceptors (Lipinski definition) is 2. The number of amides is 1. The number of primary amides is 1. The second kappa shape index (κ2) is 6.35. The first-order chi connectivity index (χ1) is 9.58. The first kappa shape index (κ1) is 14.3. The standard InChI is InChI=1S/C17H20N2O/c1-12-10-15(17(18)20)8-9-16(12)11-19-13(2)14-6-4-3-5-7-14/h3-10,13,19H,11H2,1-2H3,(H2,18,20)/t13-/m0/s1. The normalized spacial score (nSPS) is 12.1. The van der Waals surface area contributed by atoms with Gasteiger partial charge in [-0.2, -0.15) is 0 Å². The number of carbonyl (C=O) groups is 1. The van der Waals surface area contributed by atoms with Crippen LogP contribution in [0.4, 0.5) is 0 Å². The van der Waals surface area contributed by atoms with Crippen molar-refractivity contribution in [3.63, 3.8) is 0 Å². The van der Waals surface area contributed by atoms with E-state index in [0.29, 0.717) is 5.56 Å². The number of nitrogens with two attached hydrogens (primary N) is 1. The van der Waals surface area contributed by atoms with Crippen molar-refractivity contribution in [2.24, 2.45) is 5.73 Å². The fraction of sp³-hybridized carbons (Fsp3) is 0.235. The van der Waals surface area contributed by atoms with E-state index in [0.717, 1.165) is 12.1 Å². The highest BCUT2D eigenvalue weighted by atomic mass is 16.1. The molecule has 3 heteroatoms. The van der Waals surface area contributed by atoms with Gasteiger partial charge >= 0.3 is 0 Å². The predicted octanol–water partition coefficient (Wildman–Crippen LogP) is 2.94. The maximum Gasteiger partial charge on any atom is 0.248 e. The lowest BCUT2D eigenvalue weighted by molar-refractivity contribution is 0.1000. The topological polar surface area (TPSA) is 55.1 Å². The molecule has 0 saturated heterocycles. The van der Waals surface area contributed by atoms with Crippen LogP contribution in [0.25, 0.3) is 0 Å². The molecule has 2 aromatic rings. The maximum absolute atomic E-state index is 11.1. The molecule has 0 unspecified atom stereocenters. The van der Waals surface area contributed by atoms with Crippen LogP contribution in [0.1, 0.15) is 40.0 Å². The predicted molar refractivity (Wildman–Crippen MR) is 81.4 cm³/mol. The molecule has 0 heterocycles. The Morgan fingerprint density at radius 3 is 2.50 bits per heavy atom. The zero-order valence-corrected chi connectivity index (χ0v) is 11.9. The highest BCUT2D eigenvalue weighted by Crippen LogP contribution is 2.15. The van der Waals surface area contributed by atoms with Crippen molar-refractivity contribution in [2.75, 3.05) is 0 Å². The first-order valence-corrected chi connectivity index (χ1v) is 6.75. The fourth-order valence-electron chi connectivity index (χ4n) is 2.17. The van der Waals surface area contributed by atoms with Crippen LogP contribution in [-0.4, -0.2) is 5.91 Å². The van der Waals surface area contributed by atoms with Gasteiger partial charge in [0.15, 0.2) is 0 Å². The molecule has 0 radical (unpaired) electrons. The molecule has 2 aromatic carbocycles. The molecule has 0 fully saturated rings. The van der Waals surface area contributed by atoms with Crippen molar-refractivity contribution in [1.82, 2.24) is 5.32 Å². The summed E-state index contributed by atoms with van der Waals surface area (Å²) in [6.45, 7) is 4.90. The van der Waals surface area contributed by atoms with Gasteiger partial charge < -0.3 is 11.1 Å². The van der Waals surface area contributed by atoms with Gasteiger partial charge in [0.05, 0.1) is 0 Å². The first-order valence-electron chi connectivity index (χ1n) is 6.75. The molecule has 1 atom stereocenters. The van der Waals surface area contributed by atoms with Gasteiger partial charge in [-0.25, -0.2) is 0 Å². The quantitative estimate of drug-likeness (QED) is 0.876. The average molecular weight is 268 g/mol. The van der Waals surface area contributed by atoms with Crippen LogP contribution < -0.4 is 11.1 Å². The lowest BCUT2D eigenvalue weighted by Crippen LogP contribution is -2.19. The second-order valence-corrected chi connectivity index (χ2v) is 5.02. The van der Waals surface area contributed by atoms with Gasteiger partial charge in [-0.3, -0.25) is 4.79 Å². The Labute approximate surface area is 119 Å². The summed E-state index contributed by atoms with van der Waals surface area (Å²) < 4.78 is 0. The van der Waals surface area contributed by atoms with Crippen LogP contribution >= 0.6 is 0 Å². The Morgan fingerprint density at radius 1 is 1.20 bits per heavy atom. The second-order valence-electron chi connectivity index (χ2n) is 5.02. The van der Waals surface area contributed by atoms with Gasteiger partial charge in [0, 0.05) is 18.2 Å². The zero-order chi connectivity index (χ0) is 14.5. The zero-order valence-electron chi connectivity index (χ0n) is 11.9. The van der Waals surface area contributed by atoms with E-state index in [1.165, 1.54) is 11.1 Å². The molecule has 0 bridgehead atoms. The van der Waals surface area contributed by atoms with E-state index >= 15 is 0 Å². The Morgan fingerprint density at radius 2 is 1.90 bits per heavy atom. The average Bonchev–Trinajstić information content (AvgIpc) is 2.46. The molecular formula is C17H20N2O. The Hall–Kier alpha value is -2.13. The number of hydrogen-bond donors (Lipinski definition) is 2. The molecule has 3 nitrogen and oxygen atoms in total. The van der Waals surface area contributed by atoms with E-state index in [1.54, 1.807) is 6.07 Å². The molecule has 2 rings (SSSR count). The molecule has 1 amide bonds. The van der Waals surface area contributed by atoms with Crippen molar-refractivity contribution in [3.8, 4) is 0 Å². The summed E-state index contributed by atoms with van der Waals surface area (Å²) in [7, 11) is 0. The van der Waals surface area contributed by atoms with Crippen LogP contribution in [-0.2, 0) is 6.54 Å². The van der Waals surface area contributed by atoms with Crippen LogP contribution in [0, 0.1) is 6.92 Å². The molecule has 3 N–H and O–H groups in total. The highest BCUT2D eigenvalue weighted by Gasteiger charge is 2.07. The largest absolute Gasteiger partial charge is 0.366 e. The van der Waals surface area contributed by atoms with Gasteiger partial charge in [0.1, 0.15) is 0 Å². The van der Waals surface area contributed by atoms with Crippen molar-refractivity contribution in [3.05, 3.63) is 70.8 Å². The number of nitrogens with one attached hydrogen (secondary N) is 1. The van der Waals surface area contributed by atoms with Gasteiger partial charge in [-0.05, 0) is 42.7 Å². The molecule has 0 spiro atoms. The fourth-order valence-corrected chi connectivity index (χ4v) is 2.17. The van der Waals surface area contributed by atoms with Crippen molar-refractivity contribution >= 4 is 5.91 Å². The molecular weight excluding hydrogens is 248 g/mol. The Balaban J connectivity index is 2.02. The number of rotatable bonds is 5. The van der Waals surface area contributed by atoms with E-state index in [-0.39, 0.29) is 11.9 Å². The summed E-state index contributed by atoms with van der Waals surface area (Å²) >= 11 is 0. The SMILES string of the molecule is Cc1cc(C(N)=O)ccc1CN[C@@H](C)c1ccccc1. The monoisotopic (exact) mass is 268 g/mol. The van der Waals surface area contributed by atoms with E-state index in [4.69, 9.17) is 5.73 Å². The number of carbonyl (C=O) groups excluding carboxylic acids is 1. The summed E-state index contributed by atoms with van der Waals surface area (Å²) in [4.78, 5) is 11.1. The third kappa shape index (κ3) is 3.45. The minimum Gasteiger partial charge on any atom is -0.366 e. The Bertz CT molecular complexity index is 593. The Kier molecular flexibility index (Phi) is 4.53. The van der Waals surface area contributed by atoms with Crippen LogP contribution in [0.5, 0.6) is 0 Å². The van der Waals surface area contributed by atoms with Gasteiger partial charge in [0.2, 0.25) is 5.91 Å². The van der Waals surface area contributed by atoms with Crippen LogP contribution in [0.3, 0.4) is 0 Å². The molecule has 0 aromatic heterocycles. The summed E-state index contributed by atoms with van der Waals surface area (Å²) in [5.41, 5.74) is 9.35. The molecule has 0 saturated carbocycles. The minimum atomic E-state index is -0.384. The lowest BCUT2D eigenvalue weighted by atomic mass is 10.0. The maximum atomic E-state index is 11.1. The molecule has 20 heavy (non-hydrogen) atoms. The third-order valence-electron chi connectivity index (χ3n) is 3.53.